The van der Waals surface area contributed by atoms with Crippen molar-refractivity contribution in [3.8, 4) is 11.5 Å². The van der Waals surface area contributed by atoms with E-state index in [1.165, 1.54) is 32.0 Å². The highest BCUT2D eigenvalue weighted by Gasteiger charge is 2.30. The van der Waals surface area contributed by atoms with Crippen LogP contribution in [0.15, 0.2) is 41.3 Å². The lowest BCUT2D eigenvalue weighted by Crippen LogP contribution is -2.31. The number of hydrogen-bond donors (Lipinski definition) is 1. The van der Waals surface area contributed by atoms with Crippen molar-refractivity contribution in [1.29, 1.82) is 0 Å². The van der Waals surface area contributed by atoms with E-state index in [9.17, 15) is 14.4 Å². The molecule has 29 heavy (non-hydrogen) atoms. The molecule has 9 heteroatoms. The highest BCUT2D eigenvalue weighted by molar-refractivity contribution is 8.01. The van der Waals surface area contributed by atoms with Crippen LogP contribution in [-0.4, -0.2) is 43.7 Å². The molecule has 1 N–H and O–H groups in total. The smallest absolute Gasteiger partial charge is 0.307 e. The van der Waals surface area contributed by atoms with Crippen LogP contribution in [-0.2, 0) is 14.3 Å². The van der Waals surface area contributed by atoms with Crippen LogP contribution in [0.5, 0.6) is 11.5 Å². The lowest BCUT2D eigenvalue weighted by molar-refractivity contribution is -0.143. The molecule has 1 heterocycles. The number of methoxy groups -OCH3 is 2. The number of nitrogens with one attached hydrogen (secondary N) is 1. The van der Waals surface area contributed by atoms with Gasteiger partial charge in [0, 0.05) is 9.92 Å². The van der Waals surface area contributed by atoms with Crippen LogP contribution in [0.1, 0.15) is 16.8 Å². The zero-order chi connectivity index (χ0) is 21.0. The van der Waals surface area contributed by atoms with E-state index in [1.54, 1.807) is 30.3 Å². The first-order valence-corrected chi connectivity index (χ1v) is 9.85. The van der Waals surface area contributed by atoms with Gasteiger partial charge in [0.05, 0.1) is 37.1 Å². The van der Waals surface area contributed by atoms with Crippen LogP contribution < -0.4 is 14.8 Å². The molecule has 152 valence electrons. The van der Waals surface area contributed by atoms with Crippen molar-refractivity contribution in [2.45, 2.75) is 16.6 Å². The molecular formula is C20H18ClNO6S. The van der Waals surface area contributed by atoms with Crippen molar-refractivity contribution in [3.63, 3.8) is 0 Å². The molecule has 0 fully saturated rings. The summed E-state index contributed by atoms with van der Waals surface area (Å²) in [6, 6.07) is 9.91. The molecule has 1 aliphatic rings. The number of rotatable bonds is 7. The normalized spacial score (nSPS) is 15.1. The Labute approximate surface area is 176 Å². The van der Waals surface area contributed by atoms with Crippen molar-refractivity contribution in [1.82, 2.24) is 0 Å². The maximum absolute atomic E-state index is 12.4. The summed E-state index contributed by atoms with van der Waals surface area (Å²) in [5, 5.41) is 2.58. The lowest BCUT2D eigenvalue weighted by Gasteiger charge is -2.23. The van der Waals surface area contributed by atoms with Crippen molar-refractivity contribution in [2.75, 3.05) is 26.1 Å². The van der Waals surface area contributed by atoms with E-state index in [4.69, 9.17) is 25.8 Å². The van der Waals surface area contributed by atoms with E-state index in [1.807, 2.05) is 0 Å². The van der Waals surface area contributed by atoms with Crippen LogP contribution in [0, 0.1) is 0 Å². The molecule has 0 aliphatic carbocycles. The van der Waals surface area contributed by atoms with Crippen molar-refractivity contribution in [3.05, 3.63) is 47.0 Å². The average Bonchev–Trinajstić information content (AvgIpc) is 2.72. The Bertz CT molecular complexity index is 964. The Morgan fingerprint density at radius 1 is 1.14 bits per heavy atom. The van der Waals surface area contributed by atoms with Crippen LogP contribution in [0.25, 0.3) is 0 Å². The summed E-state index contributed by atoms with van der Waals surface area (Å²) in [5.74, 6) is -0.568. The third-order valence-corrected chi connectivity index (χ3v) is 5.69. The number of ether oxygens (including phenoxy) is 3. The van der Waals surface area contributed by atoms with Crippen molar-refractivity contribution < 1.29 is 28.6 Å². The number of amides is 1. The summed E-state index contributed by atoms with van der Waals surface area (Å²) in [4.78, 5) is 37.7. The van der Waals surface area contributed by atoms with E-state index in [0.717, 1.165) is 4.90 Å². The van der Waals surface area contributed by atoms with Gasteiger partial charge in [-0.25, -0.2) is 0 Å². The molecule has 0 aromatic heterocycles. The minimum Gasteiger partial charge on any atom is -0.497 e. The van der Waals surface area contributed by atoms with Gasteiger partial charge in [-0.1, -0.05) is 11.6 Å². The molecule has 2 aromatic rings. The molecule has 0 radical (unpaired) electrons. The Morgan fingerprint density at radius 3 is 2.66 bits per heavy atom. The summed E-state index contributed by atoms with van der Waals surface area (Å²) in [6.45, 7) is -0.465. The molecule has 1 atom stereocenters. The highest BCUT2D eigenvalue weighted by atomic mass is 35.5. The number of esters is 1. The van der Waals surface area contributed by atoms with Crippen molar-refractivity contribution in [2.24, 2.45) is 0 Å². The van der Waals surface area contributed by atoms with E-state index >= 15 is 0 Å². The van der Waals surface area contributed by atoms with Gasteiger partial charge >= 0.3 is 5.97 Å². The Morgan fingerprint density at radius 2 is 1.93 bits per heavy atom. The molecule has 0 saturated heterocycles. The molecule has 0 spiro atoms. The predicted octanol–water partition coefficient (Wildman–Crippen LogP) is 3.59. The third-order valence-electron chi connectivity index (χ3n) is 4.18. The molecule has 1 amide bonds. The first-order valence-electron chi connectivity index (χ1n) is 8.59. The number of carbonyl (C=O) groups is 3. The fraction of sp³-hybridized carbons (Fsp3) is 0.250. The van der Waals surface area contributed by atoms with Crippen LogP contribution in [0.3, 0.4) is 0 Å². The first-order chi connectivity index (χ1) is 13.9. The Hall–Kier alpha value is -2.71. The number of carbonyl (C=O) groups excluding carboxylic acids is 3. The lowest BCUT2D eigenvalue weighted by atomic mass is 10.1. The van der Waals surface area contributed by atoms with Crippen LogP contribution in [0.4, 0.5) is 5.69 Å². The summed E-state index contributed by atoms with van der Waals surface area (Å²) >= 11 is 7.17. The van der Waals surface area contributed by atoms with Gasteiger partial charge in [-0.15, -0.1) is 11.8 Å². The minimum atomic E-state index is -0.655. The predicted molar refractivity (Wildman–Crippen MR) is 109 cm³/mol. The average molecular weight is 436 g/mol. The minimum absolute atomic E-state index is 0.166. The zero-order valence-corrected chi connectivity index (χ0v) is 17.3. The van der Waals surface area contributed by atoms with Crippen LogP contribution in [0.2, 0.25) is 5.02 Å². The number of Topliss-reactive ketones (excluding diaryl/α,β-unsaturated/α-hetero) is 1. The van der Waals surface area contributed by atoms with Crippen molar-refractivity contribution >= 4 is 46.7 Å². The fourth-order valence-corrected chi connectivity index (χ4v) is 3.97. The number of fused-ring (bicyclic) bond motifs is 1. The monoisotopic (exact) mass is 435 g/mol. The van der Waals surface area contributed by atoms with E-state index < -0.39 is 23.6 Å². The van der Waals surface area contributed by atoms with Gasteiger partial charge in [-0.3, -0.25) is 14.4 Å². The Kier molecular flexibility index (Phi) is 6.66. The molecule has 7 nitrogen and oxygen atoms in total. The molecule has 1 aliphatic heterocycles. The summed E-state index contributed by atoms with van der Waals surface area (Å²) in [5.41, 5.74) is 0.854. The standard InChI is InChI=1S/C20H18ClNO6S/c1-26-12-4-5-16(27-2)13(8-12)15(23)10-28-19(24)9-18-20(25)22-14-7-11(21)3-6-17(14)29-18/h3-8,18H,9-10H2,1-2H3,(H,22,25). The number of thioether (sulfide) groups is 1. The van der Waals surface area contributed by atoms with Gasteiger partial charge in [-0.05, 0) is 36.4 Å². The number of halogens is 1. The molecule has 2 aromatic carbocycles. The quantitative estimate of drug-likeness (QED) is 0.525. The summed E-state index contributed by atoms with van der Waals surface area (Å²) < 4.78 is 15.4. The van der Waals surface area contributed by atoms with Crippen LogP contribution >= 0.6 is 23.4 Å². The fourth-order valence-electron chi connectivity index (χ4n) is 2.72. The van der Waals surface area contributed by atoms with Gasteiger partial charge in [0.2, 0.25) is 11.7 Å². The molecule has 3 rings (SSSR count). The number of anilines is 1. The second-order valence-electron chi connectivity index (χ2n) is 6.09. The zero-order valence-electron chi connectivity index (χ0n) is 15.7. The molecule has 0 bridgehead atoms. The second-order valence-corrected chi connectivity index (χ2v) is 7.77. The third kappa shape index (κ3) is 5.02. The molecular weight excluding hydrogens is 418 g/mol. The number of ketones is 1. The van der Waals surface area contributed by atoms with Gasteiger partial charge in [0.25, 0.3) is 0 Å². The topological polar surface area (TPSA) is 90.9 Å². The maximum Gasteiger partial charge on any atom is 0.307 e. The maximum atomic E-state index is 12.4. The number of benzene rings is 2. The highest BCUT2D eigenvalue weighted by Crippen LogP contribution is 2.38. The largest absolute Gasteiger partial charge is 0.497 e. The van der Waals surface area contributed by atoms with Gasteiger partial charge in [0.1, 0.15) is 11.5 Å². The van der Waals surface area contributed by atoms with E-state index in [2.05, 4.69) is 5.32 Å². The molecule has 1 unspecified atom stereocenters. The molecule has 0 saturated carbocycles. The van der Waals surface area contributed by atoms with Gasteiger partial charge < -0.3 is 19.5 Å². The van der Waals surface area contributed by atoms with Gasteiger partial charge in [-0.2, -0.15) is 0 Å². The van der Waals surface area contributed by atoms with E-state index in [-0.39, 0.29) is 17.9 Å². The number of hydrogen-bond acceptors (Lipinski definition) is 7. The van der Waals surface area contributed by atoms with Gasteiger partial charge in [0.15, 0.2) is 6.61 Å². The summed E-state index contributed by atoms with van der Waals surface area (Å²) in [7, 11) is 2.92. The second kappa shape index (κ2) is 9.19. The Balaban J connectivity index is 1.59. The van der Waals surface area contributed by atoms with E-state index in [0.29, 0.717) is 22.2 Å². The first kappa shape index (κ1) is 21.0. The summed E-state index contributed by atoms with van der Waals surface area (Å²) in [6.07, 6.45) is -0.166. The SMILES string of the molecule is COc1ccc(OC)c(C(=O)COC(=O)CC2Sc3ccc(Cl)cc3NC2=O)c1.